The maximum Gasteiger partial charge on any atom is 0.238 e. The summed E-state index contributed by atoms with van der Waals surface area (Å²) in [6.07, 6.45) is 5.27. The van der Waals surface area contributed by atoms with Crippen LogP contribution in [0.2, 0.25) is 0 Å². The predicted octanol–water partition coefficient (Wildman–Crippen LogP) is 2.62. The zero-order valence-electron chi connectivity index (χ0n) is 12.2. The van der Waals surface area contributed by atoms with Crippen molar-refractivity contribution in [3.63, 3.8) is 0 Å². The van der Waals surface area contributed by atoms with Gasteiger partial charge in [0.15, 0.2) is 0 Å². The summed E-state index contributed by atoms with van der Waals surface area (Å²) in [5.74, 6) is 1.67. The van der Waals surface area contributed by atoms with Gasteiger partial charge in [0.25, 0.3) is 0 Å². The van der Waals surface area contributed by atoms with Crippen molar-refractivity contribution in [1.82, 2.24) is 4.90 Å². The van der Waals surface area contributed by atoms with Gasteiger partial charge >= 0.3 is 0 Å². The van der Waals surface area contributed by atoms with Crippen molar-refractivity contribution in [1.29, 1.82) is 5.26 Å². The van der Waals surface area contributed by atoms with Crippen molar-refractivity contribution in [3.8, 4) is 6.07 Å². The Kier molecular flexibility index (Phi) is 4.21. The number of hydrogen-bond acceptors (Lipinski definition) is 3. The summed E-state index contributed by atoms with van der Waals surface area (Å²) >= 11 is 0. The highest BCUT2D eigenvalue weighted by Gasteiger charge is 2.29. The van der Waals surface area contributed by atoms with E-state index in [2.05, 4.69) is 16.3 Å². The maximum absolute atomic E-state index is 12.2. The van der Waals surface area contributed by atoms with E-state index in [-0.39, 0.29) is 5.91 Å². The molecule has 21 heavy (non-hydrogen) atoms. The zero-order chi connectivity index (χ0) is 14.7. The number of amides is 1. The fourth-order valence-corrected chi connectivity index (χ4v) is 2.57. The summed E-state index contributed by atoms with van der Waals surface area (Å²) in [5, 5.41) is 11.7. The lowest BCUT2D eigenvalue weighted by molar-refractivity contribution is -0.117. The minimum atomic E-state index is 0.0426. The van der Waals surface area contributed by atoms with Crippen LogP contribution in [0.5, 0.6) is 0 Å². The molecule has 2 saturated carbocycles. The van der Waals surface area contributed by atoms with Gasteiger partial charge in [0, 0.05) is 18.8 Å². The van der Waals surface area contributed by atoms with E-state index >= 15 is 0 Å². The molecular formula is C17H21N3O. The Balaban J connectivity index is 1.51. The molecular weight excluding hydrogens is 262 g/mol. The van der Waals surface area contributed by atoms with Gasteiger partial charge in [0.2, 0.25) is 5.91 Å². The number of carbonyl (C=O) groups is 1. The quantitative estimate of drug-likeness (QED) is 0.837. The van der Waals surface area contributed by atoms with E-state index in [1.165, 1.54) is 25.7 Å². The number of benzene rings is 1. The van der Waals surface area contributed by atoms with Crippen LogP contribution < -0.4 is 5.32 Å². The van der Waals surface area contributed by atoms with E-state index in [9.17, 15) is 4.79 Å². The highest BCUT2D eigenvalue weighted by atomic mass is 16.2. The van der Waals surface area contributed by atoms with Crippen molar-refractivity contribution in [2.45, 2.75) is 25.7 Å². The molecule has 2 aliphatic rings. The third-order valence-electron chi connectivity index (χ3n) is 4.09. The molecule has 0 heterocycles. The smallest absolute Gasteiger partial charge is 0.238 e. The lowest BCUT2D eigenvalue weighted by atomic mass is 10.2. The van der Waals surface area contributed by atoms with Crippen LogP contribution in [0, 0.1) is 23.2 Å². The van der Waals surface area contributed by atoms with Gasteiger partial charge in [-0.25, -0.2) is 0 Å². The minimum absolute atomic E-state index is 0.0426. The van der Waals surface area contributed by atoms with Crippen LogP contribution in [-0.4, -0.2) is 30.4 Å². The molecule has 1 N–H and O–H groups in total. The first-order valence-corrected chi connectivity index (χ1v) is 7.75. The molecule has 110 valence electrons. The molecule has 1 amide bonds. The fourth-order valence-electron chi connectivity index (χ4n) is 2.57. The first-order chi connectivity index (χ1) is 10.2. The minimum Gasteiger partial charge on any atom is -0.325 e. The van der Waals surface area contributed by atoms with E-state index < -0.39 is 0 Å². The van der Waals surface area contributed by atoms with Gasteiger partial charge in [0.1, 0.15) is 0 Å². The standard InChI is InChI=1S/C17H21N3O/c18-9-13-5-7-16(8-6-13)19-17(21)12-20(10-14-1-2-14)11-15-3-4-15/h5-8,14-15H,1-4,10-12H2,(H,19,21). The van der Waals surface area contributed by atoms with Crippen LogP contribution in [-0.2, 0) is 4.79 Å². The second kappa shape index (κ2) is 6.28. The second-order valence-corrected chi connectivity index (χ2v) is 6.32. The van der Waals surface area contributed by atoms with Gasteiger partial charge in [-0.2, -0.15) is 5.26 Å². The Morgan fingerprint density at radius 3 is 2.19 bits per heavy atom. The molecule has 0 radical (unpaired) electrons. The molecule has 0 atom stereocenters. The zero-order valence-corrected chi connectivity index (χ0v) is 12.2. The Bertz CT molecular complexity index is 524. The maximum atomic E-state index is 12.2. The topological polar surface area (TPSA) is 56.1 Å². The van der Waals surface area contributed by atoms with Crippen LogP contribution in [0.4, 0.5) is 5.69 Å². The summed E-state index contributed by atoms with van der Waals surface area (Å²) in [4.78, 5) is 14.5. The largest absolute Gasteiger partial charge is 0.325 e. The summed E-state index contributed by atoms with van der Waals surface area (Å²) in [6.45, 7) is 2.61. The number of anilines is 1. The number of carbonyl (C=O) groups excluding carboxylic acids is 1. The highest BCUT2D eigenvalue weighted by Crippen LogP contribution is 2.33. The normalized spacial score (nSPS) is 17.5. The van der Waals surface area contributed by atoms with Gasteiger partial charge in [-0.1, -0.05) is 0 Å². The molecule has 4 heteroatoms. The van der Waals surface area contributed by atoms with Crippen molar-refractivity contribution in [2.24, 2.45) is 11.8 Å². The van der Waals surface area contributed by atoms with E-state index in [1.54, 1.807) is 24.3 Å². The van der Waals surface area contributed by atoms with Gasteiger partial charge in [-0.05, 0) is 61.8 Å². The summed E-state index contributed by atoms with van der Waals surface area (Å²) in [5.41, 5.74) is 1.37. The van der Waals surface area contributed by atoms with Gasteiger partial charge < -0.3 is 5.32 Å². The second-order valence-electron chi connectivity index (χ2n) is 6.32. The van der Waals surface area contributed by atoms with Crippen molar-refractivity contribution in [2.75, 3.05) is 25.0 Å². The van der Waals surface area contributed by atoms with Crippen molar-refractivity contribution in [3.05, 3.63) is 29.8 Å². The number of nitriles is 1. The fraction of sp³-hybridized carbons (Fsp3) is 0.529. The third-order valence-corrected chi connectivity index (χ3v) is 4.09. The average Bonchev–Trinajstić information content (AvgIpc) is 3.36. The van der Waals surface area contributed by atoms with Crippen LogP contribution >= 0.6 is 0 Å². The lowest BCUT2D eigenvalue weighted by Gasteiger charge is -2.21. The molecule has 2 aliphatic carbocycles. The average molecular weight is 283 g/mol. The first-order valence-electron chi connectivity index (χ1n) is 7.75. The van der Waals surface area contributed by atoms with Crippen molar-refractivity contribution < 1.29 is 4.79 Å². The molecule has 0 aromatic heterocycles. The molecule has 0 saturated heterocycles. The van der Waals surface area contributed by atoms with Crippen LogP contribution in [0.3, 0.4) is 0 Å². The van der Waals surface area contributed by atoms with E-state index in [1.807, 2.05) is 0 Å². The van der Waals surface area contributed by atoms with Crippen LogP contribution in [0.25, 0.3) is 0 Å². The molecule has 1 aromatic carbocycles. The molecule has 0 unspecified atom stereocenters. The van der Waals surface area contributed by atoms with E-state index in [0.29, 0.717) is 12.1 Å². The highest BCUT2D eigenvalue weighted by molar-refractivity contribution is 5.92. The molecule has 1 aromatic rings. The number of nitrogens with zero attached hydrogens (tertiary/aromatic N) is 2. The van der Waals surface area contributed by atoms with Gasteiger partial charge in [0.05, 0.1) is 18.2 Å². The Morgan fingerprint density at radius 1 is 1.14 bits per heavy atom. The van der Waals surface area contributed by atoms with E-state index in [4.69, 9.17) is 5.26 Å². The Morgan fingerprint density at radius 2 is 1.71 bits per heavy atom. The molecule has 0 spiro atoms. The van der Waals surface area contributed by atoms with Crippen molar-refractivity contribution >= 4 is 11.6 Å². The lowest BCUT2D eigenvalue weighted by Crippen LogP contribution is -2.36. The molecule has 0 bridgehead atoms. The summed E-state index contributed by atoms with van der Waals surface area (Å²) in [6, 6.07) is 9.08. The van der Waals surface area contributed by atoms with Crippen LogP contribution in [0.15, 0.2) is 24.3 Å². The number of hydrogen-bond donors (Lipinski definition) is 1. The van der Waals surface area contributed by atoms with Crippen LogP contribution in [0.1, 0.15) is 31.2 Å². The summed E-state index contributed by atoms with van der Waals surface area (Å²) in [7, 11) is 0. The molecule has 3 rings (SSSR count). The molecule has 0 aliphatic heterocycles. The van der Waals surface area contributed by atoms with Gasteiger partial charge in [-0.15, -0.1) is 0 Å². The summed E-state index contributed by atoms with van der Waals surface area (Å²) < 4.78 is 0. The molecule has 4 nitrogen and oxygen atoms in total. The van der Waals surface area contributed by atoms with E-state index in [0.717, 1.165) is 30.6 Å². The number of nitrogens with one attached hydrogen (secondary N) is 1. The first kappa shape index (κ1) is 14.1. The Labute approximate surface area is 125 Å². The third kappa shape index (κ3) is 4.57. The Hall–Kier alpha value is -1.86. The SMILES string of the molecule is N#Cc1ccc(NC(=O)CN(CC2CC2)CC2CC2)cc1. The monoisotopic (exact) mass is 283 g/mol. The molecule has 2 fully saturated rings. The predicted molar refractivity (Wildman–Crippen MR) is 81.7 cm³/mol. The number of rotatable bonds is 7. The van der Waals surface area contributed by atoms with Gasteiger partial charge in [-0.3, -0.25) is 9.69 Å².